The molecule has 1 fully saturated rings. The maximum Gasteiger partial charge on any atom is 0.387 e. The number of nitrogens with zero attached hydrogens (tertiary/aromatic N) is 3. The van der Waals surface area contributed by atoms with Crippen molar-refractivity contribution in [1.82, 2.24) is 14.1 Å². The van der Waals surface area contributed by atoms with Crippen LogP contribution in [0.15, 0.2) is 36.4 Å². The number of hydrogen-bond donors (Lipinski definition) is 0. The van der Waals surface area contributed by atoms with Crippen LogP contribution in [-0.2, 0) is 26.8 Å². The maximum atomic E-state index is 14.0. The quantitative estimate of drug-likeness (QED) is 0.374. The van der Waals surface area contributed by atoms with Crippen LogP contribution >= 0.6 is 23.2 Å². The van der Waals surface area contributed by atoms with E-state index in [0.29, 0.717) is 60.3 Å². The van der Waals surface area contributed by atoms with Gasteiger partial charge >= 0.3 is 6.61 Å². The summed E-state index contributed by atoms with van der Waals surface area (Å²) in [7, 11) is -0.232. The highest BCUT2D eigenvalue weighted by atomic mass is 35.5. The Morgan fingerprint density at radius 1 is 1.08 bits per heavy atom. The fraction of sp³-hybridized carbons (Fsp3) is 0.500. The lowest BCUT2D eigenvalue weighted by atomic mass is 9.77. The summed E-state index contributed by atoms with van der Waals surface area (Å²) in [6.45, 7) is 1.50. The highest BCUT2D eigenvalue weighted by molar-refractivity contribution is 7.88. The lowest BCUT2D eigenvalue weighted by molar-refractivity contribution is -0.136. The van der Waals surface area contributed by atoms with E-state index in [9.17, 15) is 22.0 Å². The summed E-state index contributed by atoms with van der Waals surface area (Å²) >= 11 is 12.5. The number of piperazine rings is 1. The number of methoxy groups -OCH3 is 1. The second kappa shape index (κ2) is 13.0. The monoisotopic (exact) mass is 607 g/mol. The number of sulfonamides is 1. The van der Waals surface area contributed by atoms with Crippen LogP contribution in [0.25, 0.3) is 0 Å². The van der Waals surface area contributed by atoms with Gasteiger partial charge in [-0.1, -0.05) is 35.3 Å². The fourth-order valence-electron chi connectivity index (χ4n) is 4.65. The maximum absolute atomic E-state index is 14.0. The SMILES string of the molecule is COc1cc(CN(C)C(=O)C(C)(CCN2CCN(S(C)(=O)=O)CC2)c2ccc(Cl)c(Cl)c2)ccc1OC(F)F. The minimum absolute atomic E-state index is 0.0955. The van der Waals surface area contributed by atoms with E-state index in [-0.39, 0.29) is 24.0 Å². The number of carbonyl (C=O) groups excluding carboxylic acids is 1. The third kappa shape index (κ3) is 7.94. The molecule has 1 aliphatic rings. The van der Waals surface area contributed by atoms with Gasteiger partial charge in [0.1, 0.15) is 0 Å². The van der Waals surface area contributed by atoms with Crippen molar-refractivity contribution in [2.75, 3.05) is 53.1 Å². The summed E-state index contributed by atoms with van der Waals surface area (Å²) in [5.74, 6) is -0.140. The molecule has 3 rings (SSSR count). The standard InChI is InChI=1S/C26H33Cl2F2N3O5S/c1-26(19-6-7-20(27)21(28)16-19,9-10-32-11-13-33(14-12-32)39(4,35)36)24(34)31(2)17-18-5-8-22(38-25(29)30)23(15-18)37-3/h5-8,15-16,25H,9-14,17H2,1-4H3. The molecular formula is C26H33Cl2F2N3O5S. The van der Waals surface area contributed by atoms with Crippen LogP contribution in [0.4, 0.5) is 8.78 Å². The third-order valence-corrected chi connectivity index (χ3v) is 9.01. The Bertz CT molecular complexity index is 1280. The van der Waals surface area contributed by atoms with E-state index in [4.69, 9.17) is 27.9 Å². The summed E-state index contributed by atoms with van der Waals surface area (Å²) in [6, 6.07) is 9.66. The first-order valence-corrected chi connectivity index (χ1v) is 14.9. The normalized spacial score (nSPS) is 16.6. The largest absolute Gasteiger partial charge is 0.493 e. The average molecular weight is 609 g/mol. The Morgan fingerprint density at radius 3 is 2.31 bits per heavy atom. The van der Waals surface area contributed by atoms with Gasteiger partial charge in [0.15, 0.2) is 11.5 Å². The molecular weight excluding hydrogens is 575 g/mol. The molecule has 39 heavy (non-hydrogen) atoms. The molecule has 1 atom stereocenters. The summed E-state index contributed by atoms with van der Waals surface area (Å²) in [6.07, 6.45) is 1.64. The van der Waals surface area contributed by atoms with Crippen molar-refractivity contribution in [2.45, 2.75) is 31.9 Å². The zero-order valence-corrected chi connectivity index (χ0v) is 24.6. The summed E-state index contributed by atoms with van der Waals surface area (Å²) in [4.78, 5) is 17.7. The van der Waals surface area contributed by atoms with Crippen LogP contribution in [0.1, 0.15) is 24.5 Å². The van der Waals surface area contributed by atoms with E-state index < -0.39 is 22.0 Å². The summed E-state index contributed by atoms with van der Waals surface area (Å²) in [5, 5.41) is 0.704. The number of benzene rings is 2. The van der Waals surface area contributed by atoms with Crippen LogP contribution in [0, 0.1) is 0 Å². The molecule has 1 heterocycles. The number of amides is 1. The summed E-state index contributed by atoms with van der Waals surface area (Å²) < 4.78 is 60.2. The molecule has 216 valence electrons. The molecule has 1 saturated heterocycles. The van der Waals surface area contributed by atoms with E-state index in [2.05, 4.69) is 9.64 Å². The van der Waals surface area contributed by atoms with E-state index in [0.717, 1.165) is 0 Å². The second-order valence-electron chi connectivity index (χ2n) is 9.74. The molecule has 0 spiro atoms. The van der Waals surface area contributed by atoms with Crippen molar-refractivity contribution in [3.8, 4) is 11.5 Å². The van der Waals surface area contributed by atoms with Gasteiger partial charge in [-0.3, -0.25) is 4.79 Å². The Balaban J connectivity index is 1.81. The van der Waals surface area contributed by atoms with E-state index in [1.54, 1.807) is 42.3 Å². The number of carbonyl (C=O) groups is 1. The van der Waals surface area contributed by atoms with E-state index in [1.807, 2.05) is 6.92 Å². The lowest BCUT2D eigenvalue weighted by Gasteiger charge is -2.38. The van der Waals surface area contributed by atoms with Crippen LogP contribution in [0.2, 0.25) is 10.0 Å². The average Bonchev–Trinajstić information content (AvgIpc) is 2.88. The van der Waals surface area contributed by atoms with Crippen molar-refractivity contribution < 1.29 is 31.5 Å². The Hall–Kier alpha value is -2.18. The molecule has 1 aliphatic heterocycles. The molecule has 0 bridgehead atoms. The first-order chi connectivity index (χ1) is 18.2. The van der Waals surface area contributed by atoms with Gasteiger partial charge in [0.25, 0.3) is 0 Å². The van der Waals surface area contributed by atoms with Gasteiger partial charge in [0, 0.05) is 39.8 Å². The first-order valence-electron chi connectivity index (χ1n) is 12.2. The van der Waals surface area contributed by atoms with Crippen molar-refractivity contribution >= 4 is 39.1 Å². The molecule has 0 radical (unpaired) electrons. The highest BCUT2D eigenvalue weighted by Crippen LogP contribution is 2.35. The Labute approximate surface area is 238 Å². The first kappa shape index (κ1) is 31.3. The third-order valence-electron chi connectivity index (χ3n) is 6.97. The van der Waals surface area contributed by atoms with Gasteiger partial charge < -0.3 is 19.3 Å². The van der Waals surface area contributed by atoms with Crippen molar-refractivity contribution in [3.05, 3.63) is 57.6 Å². The minimum atomic E-state index is -3.25. The second-order valence-corrected chi connectivity index (χ2v) is 12.5. The molecule has 0 saturated carbocycles. The number of rotatable bonds is 11. The van der Waals surface area contributed by atoms with Gasteiger partial charge in [-0.15, -0.1) is 0 Å². The predicted octanol–water partition coefficient (Wildman–Crippen LogP) is 4.49. The van der Waals surface area contributed by atoms with Crippen molar-refractivity contribution in [2.24, 2.45) is 0 Å². The van der Waals surface area contributed by atoms with Crippen LogP contribution < -0.4 is 9.47 Å². The van der Waals surface area contributed by atoms with Gasteiger partial charge in [-0.2, -0.15) is 13.1 Å². The molecule has 1 amide bonds. The zero-order valence-electron chi connectivity index (χ0n) is 22.3. The Morgan fingerprint density at radius 2 is 1.74 bits per heavy atom. The predicted molar refractivity (Wildman–Crippen MR) is 147 cm³/mol. The van der Waals surface area contributed by atoms with E-state index in [1.165, 1.54) is 23.7 Å². The van der Waals surface area contributed by atoms with Crippen molar-refractivity contribution in [1.29, 1.82) is 0 Å². The zero-order chi connectivity index (χ0) is 29.0. The minimum Gasteiger partial charge on any atom is -0.493 e. The molecule has 1 unspecified atom stereocenters. The highest BCUT2D eigenvalue weighted by Gasteiger charge is 2.38. The smallest absolute Gasteiger partial charge is 0.387 e. The van der Waals surface area contributed by atoms with Crippen LogP contribution in [-0.4, -0.2) is 88.2 Å². The Kier molecular flexibility index (Phi) is 10.4. The lowest BCUT2D eigenvalue weighted by Crippen LogP contribution is -2.50. The fourth-order valence-corrected chi connectivity index (χ4v) is 5.78. The number of halogens is 4. The molecule has 8 nitrogen and oxygen atoms in total. The number of ether oxygens (including phenoxy) is 2. The van der Waals surface area contributed by atoms with E-state index >= 15 is 0 Å². The van der Waals surface area contributed by atoms with Crippen LogP contribution in [0.5, 0.6) is 11.5 Å². The van der Waals surface area contributed by atoms with Gasteiger partial charge in [0.05, 0.1) is 28.8 Å². The molecule has 0 aliphatic carbocycles. The number of likely N-dealkylation sites (N-methyl/N-ethyl adjacent to an activating group) is 1. The number of hydrogen-bond acceptors (Lipinski definition) is 6. The number of alkyl halides is 2. The van der Waals surface area contributed by atoms with Crippen molar-refractivity contribution in [3.63, 3.8) is 0 Å². The van der Waals surface area contributed by atoms with Gasteiger partial charge in [-0.05, 0) is 55.3 Å². The summed E-state index contributed by atoms with van der Waals surface area (Å²) in [5.41, 5.74) is 0.374. The molecule has 13 heteroatoms. The molecule has 0 N–H and O–H groups in total. The topological polar surface area (TPSA) is 79.4 Å². The molecule has 2 aromatic carbocycles. The molecule has 0 aromatic heterocycles. The van der Waals surface area contributed by atoms with Crippen LogP contribution in [0.3, 0.4) is 0 Å². The van der Waals surface area contributed by atoms with Gasteiger partial charge in [-0.25, -0.2) is 8.42 Å². The van der Waals surface area contributed by atoms with Gasteiger partial charge in [0.2, 0.25) is 15.9 Å². The molecule has 2 aromatic rings.